The Morgan fingerprint density at radius 2 is 2.08 bits per heavy atom. The number of rotatable bonds is 3. The third-order valence-corrected chi connectivity index (χ3v) is 5.76. The van der Waals surface area contributed by atoms with Gasteiger partial charge in [-0.25, -0.2) is 0 Å². The van der Waals surface area contributed by atoms with Crippen LogP contribution in [0.3, 0.4) is 0 Å². The van der Waals surface area contributed by atoms with Crippen molar-refractivity contribution in [3.63, 3.8) is 0 Å². The number of amides is 2. The third-order valence-electron chi connectivity index (χ3n) is 4.74. The van der Waals surface area contributed by atoms with Gasteiger partial charge in [-0.05, 0) is 31.4 Å². The number of nitrogens with one attached hydrogen (secondary N) is 3. The lowest BCUT2D eigenvalue weighted by atomic mass is 9.95. The molecule has 26 heavy (non-hydrogen) atoms. The van der Waals surface area contributed by atoms with Gasteiger partial charge in [0.2, 0.25) is 0 Å². The van der Waals surface area contributed by atoms with E-state index in [1.165, 1.54) is 18.3 Å². The first kappa shape index (κ1) is 17.2. The molecule has 2 saturated heterocycles. The molecule has 4 rings (SSSR count). The van der Waals surface area contributed by atoms with Crippen LogP contribution in [0.15, 0.2) is 18.3 Å². The summed E-state index contributed by atoms with van der Waals surface area (Å²) in [6.07, 6.45) is -0.472. The van der Waals surface area contributed by atoms with E-state index in [4.69, 9.17) is 0 Å². The summed E-state index contributed by atoms with van der Waals surface area (Å²) in [6, 6.07) is 3.75. The van der Waals surface area contributed by atoms with Gasteiger partial charge < -0.3 is 16.0 Å². The van der Waals surface area contributed by atoms with Crippen LogP contribution in [0.2, 0.25) is 0 Å². The molecule has 0 aliphatic carbocycles. The van der Waals surface area contributed by atoms with Crippen molar-refractivity contribution in [1.29, 1.82) is 0 Å². The van der Waals surface area contributed by atoms with Crippen molar-refractivity contribution >= 4 is 38.2 Å². The standard InChI is InChI=1S/C16H15F3N4O2S/c17-16(18,19)15(25)23-13-3-7-6-20-11(5-12(7)26-13)14(24)22-10-4-8-1-2-9(10)21-8/h3,5-6,8-10,21H,1-2,4H2,(H,22,24)(H,23,25)/t8-,9+,10-/m1/s1. The molecule has 4 heterocycles. The minimum atomic E-state index is -4.95. The number of carbonyl (C=O) groups excluding carboxylic acids is 2. The molecule has 0 spiro atoms. The van der Waals surface area contributed by atoms with E-state index in [0.717, 1.165) is 30.6 Å². The highest BCUT2D eigenvalue weighted by Gasteiger charge is 2.40. The summed E-state index contributed by atoms with van der Waals surface area (Å²) in [5.41, 5.74) is 0.204. The van der Waals surface area contributed by atoms with E-state index in [0.29, 0.717) is 22.2 Å². The number of nitrogens with zero attached hydrogens (tertiary/aromatic N) is 1. The third kappa shape index (κ3) is 3.26. The smallest absolute Gasteiger partial charge is 0.346 e. The number of pyridine rings is 1. The summed E-state index contributed by atoms with van der Waals surface area (Å²) in [5.74, 6) is -2.33. The largest absolute Gasteiger partial charge is 0.471 e. The molecule has 3 atom stereocenters. The topological polar surface area (TPSA) is 83.1 Å². The van der Waals surface area contributed by atoms with Gasteiger partial charge in [0.15, 0.2) is 0 Å². The van der Waals surface area contributed by atoms with Crippen LogP contribution in [0.4, 0.5) is 18.2 Å². The Morgan fingerprint density at radius 3 is 2.73 bits per heavy atom. The Labute approximate surface area is 150 Å². The zero-order valence-corrected chi connectivity index (χ0v) is 14.2. The average Bonchev–Trinajstić information content (AvgIpc) is 3.27. The lowest BCUT2D eigenvalue weighted by Gasteiger charge is -2.21. The highest BCUT2D eigenvalue weighted by Crippen LogP contribution is 2.31. The second kappa shape index (κ2) is 6.20. The number of thiophene rings is 1. The van der Waals surface area contributed by atoms with Crippen LogP contribution in [-0.4, -0.2) is 41.1 Å². The van der Waals surface area contributed by atoms with Gasteiger partial charge in [0.25, 0.3) is 5.91 Å². The molecule has 2 fully saturated rings. The molecular weight excluding hydrogens is 369 g/mol. The maximum absolute atomic E-state index is 12.4. The molecule has 0 radical (unpaired) electrons. The molecule has 6 nitrogen and oxygen atoms in total. The minimum Gasteiger partial charge on any atom is -0.346 e. The Kier molecular flexibility index (Phi) is 4.11. The van der Waals surface area contributed by atoms with Crippen LogP contribution in [0.25, 0.3) is 10.1 Å². The first-order valence-electron chi connectivity index (χ1n) is 8.14. The van der Waals surface area contributed by atoms with Gasteiger partial charge >= 0.3 is 12.1 Å². The zero-order chi connectivity index (χ0) is 18.5. The van der Waals surface area contributed by atoms with Crippen molar-refractivity contribution in [2.75, 3.05) is 5.32 Å². The monoisotopic (exact) mass is 384 g/mol. The first-order valence-corrected chi connectivity index (χ1v) is 8.96. The van der Waals surface area contributed by atoms with Crippen molar-refractivity contribution < 1.29 is 22.8 Å². The number of carbonyl (C=O) groups is 2. The quantitative estimate of drug-likeness (QED) is 0.759. The molecule has 0 unspecified atom stereocenters. The number of aromatic nitrogens is 1. The van der Waals surface area contributed by atoms with Gasteiger partial charge in [0.1, 0.15) is 5.69 Å². The fourth-order valence-corrected chi connectivity index (χ4v) is 4.49. The number of hydrogen-bond acceptors (Lipinski definition) is 5. The SMILES string of the molecule is O=C(N[C@@H]1C[C@H]2CC[C@@H]1N2)c1cc2sc(NC(=O)C(F)(F)F)cc2cn1. The number of anilines is 1. The molecule has 2 aliphatic rings. The maximum atomic E-state index is 12.4. The van der Waals surface area contributed by atoms with Crippen LogP contribution in [0.1, 0.15) is 29.8 Å². The zero-order valence-electron chi connectivity index (χ0n) is 13.4. The fraction of sp³-hybridized carbons (Fsp3) is 0.438. The Bertz CT molecular complexity index is 882. The molecule has 0 saturated carbocycles. The van der Waals surface area contributed by atoms with Gasteiger partial charge in [-0.15, -0.1) is 11.3 Å². The van der Waals surface area contributed by atoms with E-state index in [-0.39, 0.29) is 22.6 Å². The van der Waals surface area contributed by atoms with Gasteiger partial charge in [0.05, 0.1) is 5.00 Å². The van der Waals surface area contributed by atoms with Gasteiger partial charge in [-0.3, -0.25) is 14.6 Å². The Hall–Kier alpha value is -2.20. The van der Waals surface area contributed by atoms with Crippen LogP contribution < -0.4 is 16.0 Å². The average molecular weight is 384 g/mol. The summed E-state index contributed by atoms with van der Waals surface area (Å²) in [6.45, 7) is 0. The van der Waals surface area contributed by atoms with Crippen molar-refractivity contribution in [1.82, 2.24) is 15.6 Å². The highest BCUT2D eigenvalue weighted by atomic mass is 32.1. The van der Waals surface area contributed by atoms with Gasteiger partial charge in [-0.1, -0.05) is 0 Å². The summed E-state index contributed by atoms with van der Waals surface area (Å²) in [4.78, 5) is 27.5. The number of hydrogen-bond donors (Lipinski definition) is 3. The lowest BCUT2D eigenvalue weighted by Crippen LogP contribution is -2.43. The Balaban J connectivity index is 1.48. The number of fused-ring (bicyclic) bond motifs is 3. The van der Waals surface area contributed by atoms with E-state index < -0.39 is 12.1 Å². The molecule has 3 N–H and O–H groups in total. The van der Waals surface area contributed by atoms with E-state index >= 15 is 0 Å². The van der Waals surface area contributed by atoms with E-state index in [1.807, 2.05) is 5.32 Å². The van der Waals surface area contributed by atoms with Crippen molar-refractivity contribution in [3.05, 3.63) is 24.0 Å². The number of halogens is 3. The summed E-state index contributed by atoms with van der Waals surface area (Å²) < 4.78 is 37.6. The fourth-order valence-electron chi connectivity index (χ4n) is 3.53. The van der Waals surface area contributed by atoms with Crippen molar-refractivity contribution in [2.24, 2.45) is 0 Å². The second-order valence-electron chi connectivity index (χ2n) is 6.53. The van der Waals surface area contributed by atoms with Crippen LogP contribution in [0, 0.1) is 0 Å². The Morgan fingerprint density at radius 1 is 1.27 bits per heavy atom. The van der Waals surface area contributed by atoms with E-state index in [2.05, 4.69) is 15.6 Å². The van der Waals surface area contributed by atoms with Gasteiger partial charge in [0, 0.05) is 34.4 Å². The molecule has 0 aromatic carbocycles. The van der Waals surface area contributed by atoms with Gasteiger partial charge in [-0.2, -0.15) is 13.2 Å². The maximum Gasteiger partial charge on any atom is 0.471 e. The van der Waals surface area contributed by atoms with Crippen molar-refractivity contribution in [3.8, 4) is 0 Å². The molecule has 2 amide bonds. The number of alkyl halides is 3. The molecule has 2 aliphatic heterocycles. The van der Waals surface area contributed by atoms with Crippen LogP contribution in [-0.2, 0) is 4.79 Å². The van der Waals surface area contributed by atoms with Crippen LogP contribution in [0.5, 0.6) is 0 Å². The molecule has 2 aromatic heterocycles. The molecule has 2 bridgehead atoms. The van der Waals surface area contributed by atoms with E-state index in [9.17, 15) is 22.8 Å². The summed E-state index contributed by atoms with van der Waals surface area (Å²) >= 11 is 0.964. The first-order chi connectivity index (χ1) is 12.3. The summed E-state index contributed by atoms with van der Waals surface area (Å²) in [5, 5.41) is 8.84. The normalized spacial score (nSPS) is 24.8. The molecular formula is C16H15F3N4O2S. The predicted octanol–water partition coefficient (Wildman–Crippen LogP) is 2.42. The molecule has 10 heteroatoms. The highest BCUT2D eigenvalue weighted by molar-refractivity contribution is 7.23. The summed E-state index contributed by atoms with van der Waals surface area (Å²) in [7, 11) is 0. The van der Waals surface area contributed by atoms with Crippen molar-refractivity contribution in [2.45, 2.75) is 43.6 Å². The molecule has 138 valence electrons. The van der Waals surface area contributed by atoms with Crippen LogP contribution >= 0.6 is 11.3 Å². The minimum absolute atomic E-state index is 0.0546. The second-order valence-corrected chi connectivity index (χ2v) is 7.62. The lowest BCUT2D eigenvalue weighted by molar-refractivity contribution is -0.167. The molecule has 2 aromatic rings. The van der Waals surface area contributed by atoms with E-state index in [1.54, 1.807) is 0 Å². The predicted molar refractivity (Wildman–Crippen MR) is 90.1 cm³/mol.